The molecule has 0 saturated heterocycles. The molecule has 0 fully saturated rings. The minimum atomic E-state index is 0.802. The lowest BCUT2D eigenvalue weighted by Gasteiger charge is -2.13. The third kappa shape index (κ3) is 4.06. The van der Waals surface area contributed by atoms with Gasteiger partial charge in [0.25, 0.3) is 0 Å². The first-order chi connectivity index (χ1) is 11.7. The summed E-state index contributed by atoms with van der Waals surface area (Å²) in [6, 6.07) is 17.7. The summed E-state index contributed by atoms with van der Waals surface area (Å²) in [6.45, 7) is 4.08. The van der Waals surface area contributed by atoms with E-state index < -0.39 is 0 Å². The van der Waals surface area contributed by atoms with Gasteiger partial charge in [0.2, 0.25) is 0 Å². The number of nitrogens with two attached hydrogens (primary N) is 1. The summed E-state index contributed by atoms with van der Waals surface area (Å²) in [5.41, 5.74) is 4.74. The van der Waals surface area contributed by atoms with Crippen LogP contribution in [0.3, 0.4) is 0 Å². The van der Waals surface area contributed by atoms with E-state index in [2.05, 4.69) is 16.5 Å². The van der Waals surface area contributed by atoms with Crippen molar-refractivity contribution < 1.29 is 0 Å². The molecule has 2 N–H and O–H groups in total. The van der Waals surface area contributed by atoms with E-state index in [9.17, 15) is 0 Å². The average molecular weight is 316 g/mol. The van der Waals surface area contributed by atoms with Crippen molar-refractivity contribution in [3.8, 4) is 0 Å². The Bertz CT molecular complexity index is 856. The van der Waals surface area contributed by atoms with E-state index in [0.717, 1.165) is 40.8 Å². The summed E-state index contributed by atoms with van der Waals surface area (Å²) in [4.78, 5) is 9.06. The van der Waals surface area contributed by atoms with Crippen LogP contribution in [0, 0.1) is 0 Å². The molecular formula is C20H20N4. The molecule has 0 amide bonds. The van der Waals surface area contributed by atoms with Crippen molar-refractivity contribution in [1.29, 1.82) is 0 Å². The second-order valence-electron chi connectivity index (χ2n) is 5.57. The maximum Gasteiger partial charge on any atom is 0.0890 e. The zero-order chi connectivity index (χ0) is 16.8. The third-order valence-corrected chi connectivity index (χ3v) is 3.73. The summed E-state index contributed by atoms with van der Waals surface area (Å²) < 4.78 is 0. The van der Waals surface area contributed by atoms with Crippen LogP contribution in [0.2, 0.25) is 0 Å². The number of aryl methyl sites for hydroxylation is 1. The van der Waals surface area contributed by atoms with Crippen LogP contribution < -0.4 is 10.9 Å². The highest BCUT2D eigenvalue weighted by molar-refractivity contribution is 5.73. The lowest BCUT2D eigenvalue weighted by atomic mass is 10.1. The van der Waals surface area contributed by atoms with Crippen molar-refractivity contribution >= 4 is 16.7 Å². The molecule has 0 aliphatic rings. The van der Waals surface area contributed by atoms with Gasteiger partial charge in [0.15, 0.2) is 0 Å². The van der Waals surface area contributed by atoms with Gasteiger partial charge in [0.05, 0.1) is 22.4 Å². The van der Waals surface area contributed by atoms with E-state index in [1.807, 2.05) is 73.1 Å². The number of benzene rings is 2. The Morgan fingerprint density at radius 1 is 1.04 bits per heavy atom. The van der Waals surface area contributed by atoms with Crippen LogP contribution in [0.5, 0.6) is 0 Å². The van der Waals surface area contributed by atoms with E-state index in [4.69, 9.17) is 5.84 Å². The monoisotopic (exact) mass is 316 g/mol. The van der Waals surface area contributed by atoms with Gasteiger partial charge < -0.3 is 0 Å². The van der Waals surface area contributed by atoms with Crippen molar-refractivity contribution in [2.45, 2.75) is 12.8 Å². The molecule has 0 atom stereocenters. The highest BCUT2D eigenvalue weighted by Gasteiger charge is 2.01. The average Bonchev–Trinajstić information content (AvgIpc) is 2.65. The molecule has 0 radical (unpaired) electrons. The fourth-order valence-corrected chi connectivity index (χ4v) is 2.36. The van der Waals surface area contributed by atoms with E-state index in [0.29, 0.717) is 0 Å². The summed E-state index contributed by atoms with van der Waals surface area (Å²) >= 11 is 0. The molecule has 0 spiro atoms. The first-order valence-electron chi connectivity index (χ1n) is 7.88. The summed E-state index contributed by atoms with van der Waals surface area (Å²) in [6.07, 6.45) is 7.20. The van der Waals surface area contributed by atoms with Crippen LogP contribution in [-0.2, 0) is 6.42 Å². The van der Waals surface area contributed by atoms with Gasteiger partial charge in [-0.15, -0.1) is 0 Å². The minimum absolute atomic E-state index is 0.802. The number of hydrogen-bond donors (Lipinski definition) is 1. The van der Waals surface area contributed by atoms with Gasteiger partial charge in [-0.1, -0.05) is 42.5 Å². The molecule has 0 aliphatic heterocycles. The standard InChI is InChI=1S/C20H20N4/c1-16(13-14-24(21)18-7-3-2-4-8-18)11-12-17-15-22-19-9-5-6-10-20(19)23-17/h2-10,13-15H,1,11-12,21H2/b14-13-. The molecule has 0 saturated carbocycles. The number of fused-ring (bicyclic) bond motifs is 1. The molecule has 2 aromatic carbocycles. The highest BCUT2D eigenvalue weighted by atomic mass is 15.4. The molecular weight excluding hydrogens is 296 g/mol. The Kier molecular flexibility index (Phi) is 4.99. The molecule has 0 aliphatic carbocycles. The number of rotatable bonds is 6. The second kappa shape index (κ2) is 7.53. The molecule has 24 heavy (non-hydrogen) atoms. The number of allylic oxidation sites excluding steroid dienone is 2. The number of hydrazine groups is 1. The van der Waals surface area contributed by atoms with Crippen LogP contribution in [0.15, 0.2) is 85.2 Å². The van der Waals surface area contributed by atoms with Gasteiger partial charge in [-0.3, -0.25) is 9.99 Å². The van der Waals surface area contributed by atoms with Gasteiger partial charge in [-0.25, -0.2) is 10.8 Å². The molecule has 3 aromatic rings. The van der Waals surface area contributed by atoms with E-state index in [1.54, 1.807) is 5.01 Å². The minimum Gasteiger partial charge on any atom is -0.287 e. The van der Waals surface area contributed by atoms with Gasteiger partial charge in [-0.2, -0.15) is 0 Å². The number of anilines is 1. The Morgan fingerprint density at radius 2 is 1.75 bits per heavy atom. The van der Waals surface area contributed by atoms with Crippen molar-refractivity contribution in [1.82, 2.24) is 9.97 Å². The SMILES string of the molecule is C=C(/C=C\N(N)c1ccccc1)CCc1cnc2ccccc2n1. The van der Waals surface area contributed by atoms with Crippen LogP contribution in [0.1, 0.15) is 12.1 Å². The number of hydrogen-bond acceptors (Lipinski definition) is 4. The molecule has 0 bridgehead atoms. The maximum atomic E-state index is 6.00. The van der Waals surface area contributed by atoms with Crippen LogP contribution in [0.4, 0.5) is 5.69 Å². The largest absolute Gasteiger partial charge is 0.287 e. The molecule has 120 valence electrons. The van der Waals surface area contributed by atoms with Gasteiger partial charge in [-0.05, 0) is 43.2 Å². The first kappa shape index (κ1) is 15.9. The van der Waals surface area contributed by atoms with Crippen LogP contribution >= 0.6 is 0 Å². The molecule has 0 unspecified atom stereocenters. The molecule has 4 heteroatoms. The zero-order valence-corrected chi connectivity index (χ0v) is 13.5. The lowest BCUT2D eigenvalue weighted by molar-refractivity contribution is 0.916. The first-order valence-corrected chi connectivity index (χ1v) is 7.88. The topological polar surface area (TPSA) is 55.0 Å². The van der Waals surface area contributed by atoms with E-state index in [-0.39, 0.29) is 0 Å². The summed E-state index contributed by atoms with van der Waals surface area (Å²) in [5.74, 6) is 6.00. The van der Waals surface area contributed by atoms with E-state index >= 15 is 0 Å². The van der Waals surface area contributed by atoms with Crippen molar-refractivity contribution in [2.75, 3.05) is 5.01 Å². The predicted molar refractivity (Wildman–Crippen MR) is 99.2 cm³/mol. The predicted octanol–water partition coefficient (Wildman–Crippen LogP) is 4.01. The summed E-state index contributed by atoms with van der Waals surface area (Å²) in [5, 5.41) is 1.58. The fourth-order valence-electron chi connectivity index (χ4n) is 2.36. The van der Waals surface area contributed by atoms with Crippen molar-refractivity contribution in [3.63, 3.8) is 0 Å². The van der Waals surface area contributed by atoms with Crippen molar-refractivity contribution in [2.24, 2.45) is 5.84 Å². The normalized spacial score (nSPS) is 11.0. The Morgan fingerprint density at radius 3 is 2.54 bits per heavy atom. The lowest BCUT2D eigenvalue weighted by Crippen LogP contribution is -2.23. The Labute approximate surface area is 141 Å². The molecule has 1 aromatic heterocycles. The number of nitrogens with zero attached hydrogens (tertiary/aromatic N) is 3. The van der Waals surface area contributed by atoms with Gasteiger partial charge in [0, 0.05) is 12.4 Å². The smallest absolute Gasteiger partial charge is 0.0890 e. The number of aromatic nitrogens is 2. The third-order valence-electron chi connectivity index (χ3n) is 3.73. The number of para-hydroxylation sites is 3. The zero-order valence-electron chi connectivity index (χ0n) is 13.5. The Hall–Kier alpha value is -2.98. The van der Waals surface area contributed by atoms with E-state index in [1.165, 1.54) is 0 Å². The molecule has 1 heterocycles. The second-order valence-corrected chi connectivity index (χ2v) is 5.57. The quantitative estimate of drug-likeness (QED) is 0.424. The molecule has 3 rings (SSSR count). The summed E-state index contributed by atoms with van der Waals surface area (Å²) in [7, 11) is 0. The maximum absolute atomic E-state index is 6.00. The highest BCUT2D eigenvalue weighted by Crippen LogP contribution is 2.13. The van der Waals surface area contributed by atoms with Crippen LogP contribution in [0.25, 0.3) is 11.0 Å². The van der Waals surface area contributed by atoms with Crippen molar-refractivity contribution in [3.05, 3.63) is 90.9 Å². The fraction of sp³-hybridized carbons (Fsp3) is 0.100. The van der Waals surface area contributed by atoms with Gasteiger partial charge in [0.1, 0.15) is 0 Å². The van der Waals surface area contributed by atoms with Crippen LogP contribution in [-0.4, -0.2) is 9.97 Å². The van der Waals surface area contributed by atoms with Gasteiger partial charge >= 0.3 is 0 Å². The Balaban J connectivity index is 1.57. The molecule has 4 nitrogen and oxygen atoms in total.